The Morgan fingerprint density at radius 1 is 1.45 bits per heavy atom. The average molecular weight is 301 g/mol. The van der Waals surface area contributed by atoms with Crippen LogP contribution in [0.3, 0.4) is 0 Å². The number of hydrogen-bond acceptors (Lipinski definition) is 4. The first-order valence-electron chi connectivity index (χ1n) is 8.04. The van der Waals surface area contributed by atoms with Crippen molar-refractivity contribution in [3.05, 3.63) is 0 Å². The minimum atomic E-state index is -0.492. The Balaban J connectivity index is 2.30. The quantitative estimate of drug-likeness (QED) is 0.467. The number of carbonyl (C=O) groups is 1. The molecule has 0 spiro atoms. The van der Waals surface area contributed by atoms with E-state index in [1.165, 1.54) is 25.0 Å². The number of rotatable bonds is 11. The minimum Gasteiger partial charge on any atom is -0.465 e. The minimum absolute atomic E-state index is 0.0844. The van der Waals surface area contributed by atoms with Gasteiger partial charge >= 0.3 is 5.97 Å². The van der Waals surface area contributed by atoms with Crippen LogP contribution < -0.4 is 5.32 Å². The monoisotopic (exact) mass is 301 g/mol. The summed E-state index contributed by atoms with van der Waals surface area (Å²) in [5.74, 6) is 3.06. The summed E-state index contributed by atoms with van der Waals surface area (Å²) in [6.07, 6.45) is 5.57. The molecule has 0 aromatic heterocycles. The molecule has 0 amide bonds. The lowest BCUT2D eigenvalue weighted by atomic mass is 9.96. The van der Waals surface area contributed by atoms with E-state index < -0.39 is 5.54 Å². The number of ether oxygens (including phenoxy) is 1. The van der Waals surface area contributed by atoms with Crippen LogP contribution in [-0.4, -0.2) is 35.7 Å². The van der Waals surface area contributed by atoms with Crippen molar-refractivity contribution in [1.29, 1.82) is 0 Å². The molecule has 1 aliphatic carbocycles. The van der Waals surface area contributed by atoms with Gasteiger partial charge in [0.25, 0.3) is 0 Å². The first-order valence-corrected chi connectivity index (χ1v) is 9.20. The van der Waals surface area contributed by atoms with Gasteiger partial charge in [-0.1, -0.05) is 20.3 Å². The molecule has 2 atom stereocenters. The molecule has 118 valence electrons. The Kier molecular flexibility index (Phi) is 7.96. The third-order valence-electron chi connectivity index (χ3n) is 3.89. The average Bonchev–Trinajstić information content (AvgIpc) is 3.22. The van der Waals surface area contributed by atoms with Gasteiger partial charge < -0.3 is 4.74 Å². The van der Waals surface area contributed by atoms with E-state index in [0.29, 0.717) is 12.6 Å². The van der Waals surface area contributed by atoms with E-state index in [9.17, 15) is 4.79 Å². The molecule has 4 heteroatoms. The Labute approximate surface area is 128 Å². The van der Waals surface area contributed by atoms with Gasteiger partial charge in [-0.05, 0) is 57.0 Å². The molecule has 1 N–H and O–H groups in total. The summed E-state index contributed by atoms with van der Waals surface area (Å²) in [5.41, 5.74) is -0.492. The maximum absolute atomic E-state index is 12.2. The molecule has 0 aromatic rings. The SMILES string of the molecule is CCOC(=O)C(C)(CCCSCC(C)CC)NC1CC1. The van der Waals surface area contributed by atoms with Crippen LogP contribution in [0.25, 0.3) is 0 Å². The molecule has 0 radical (unpaired) electrons. The molecule has 0 aromatic carbocycles. The Hall–Kier alpha value is -0.220. The van der Waals surface area contributed by atoms with Crippen molar-refractivity contribution in [2.45, 2.75) is 71.4 Å². The molecule has 0 saturated heterocycles. The summed E-state index contributed by atoms with van der Waals surface area (Å²) < 4.78 is 5.24. The molecule has 2 unspecified atom stereocenters. The molecule has 1 rings (SSSR count). The van der Waals surface area contributed by atoms with Crippen molar-refractivity contribution in [3.63, 3.8) is 0 Å². The van der Waals surface area contributed by atoms with E-state index in [2.05, 4.69) is 19.2 Å². The first-order chi connectivity index (χ1) is 9.51. The van der Waals surface area contributed by atoms with Crippen LogP contribution in [0.15, 0.2) is 0 Å². The summed E-state index contributed by atoms with van der Waals surface area (Å²) in [7, 11) is 0. The van der Waals surface area contributed by atoms with E-state index in [1.807, 2.05) is 25.6 Å². The van der Waals surface area contributed by atoms with Gasteiger partial charge in [0.1, 0.15) is 5.54 Å². The van der Waals surface area contributed by atoms with Crippen LogP contribution in [-0.2, 0) is 9.53 Å². The molecule has 3 nitrogen and oxygen atoms in total. The lowest BCUT2D eigenvalue weighted by molar-refractivity contribution is -0.151. The van der Waals surface area contributed by atoms with E-state index >= 15 is 0 Å². The zero-order valence-corrected chi connectivity index (χ0v) is 14.4. The standard InChI is InChI=1S/C16H31NO2S/c1-5-13(3)12-20-11-7-10-16(4,15(18)19-6-2)17-14-8-9-14/h13-14,17H,5-12H2,1-4H3. The summed E-state index contributed by atoms with van der Waals surface area (Å²) in [5, 5.41) is 3.48. The van der Waals surface area contributed by atoms with Crippen molar-refractivity contribution >= 4 is 17.7 Å². The van der Waals surface area contributed by atoms with Crippen molar-refractivity contribution in [2.75, 3.05) is 18.1 Å². The maximum atomic E-state index is 12.2. The highest BCUT2D eigenvalue weighted by molar-refractivity contribution is 7.99. The molecule has 20 heavy (non-hydrogen) atoms. The highest BCUT2D eigenvalue weighted by Gasteiger charge is 2.39. The van der Waals surface area contributed by atoms with Gasteiger partial charge in [-0.3, -0.25) is 10.1 Å². The second kappa shape index (κ2) is 8.93. The van der Waals surface area contributed by atoms with Gasteiger partial charge in [-0.2, -0.15) is 11.8 Å². The van der Waals surface area contributed by atoms with Crippen LogP contribution in [0.4, 0.5) is 0 Å². The van der Waals surface area contributed by atoms with E-state index in [-0.39, 0.29) is 5.97 Å². The predicted molar refractivity (Wildman–Crippen MR) is 87.2 cm³/mol. The van der Waals surface area contributed by atoms with Gasteiger partial charge in [-0.15, -0.1) is 0 Å². The van der Waals surface area contributed by atoms with Crippen LogP contribution in [0.5, 0.6) is 0 Å². The van der Waals surface area contributed by atoms with Gasteiger partial charge in [-0.25, -0.2) is 0 Å². The zero-order chi connectivity index (χ0) is 15.0. The Morgan fingerprint density at radius 3 is 2.70 bits per heavy atom. The highest BCUT2D eigenvalue weighted by Crippen LogP contribution is 2.26. The summed E-state index contributed by atoms with van der Waals surface area (Å²) in [6, 6.07) is 0.525. The van der Waals surface area contributed by atoms with Gasteiger partial charge in [0.2, 0.25) is 0 Å². The summed E-state index contributed by atoms with van der Waals surface area (Å²) >= 11 is 2.01. The topological polar surface area (TPSA) is 38.3 Å². The molecule has 0 bridgehead atoms. The summed E-state index contributed by atoms with van der Waals surface area (Å²) in [6.45, 7) is 8.87. The smallest absolute Gasteiger partial charge is 0.326 e. The number of thioether (sulfide) groups is 1. The Morgan fingerprint density at radius 2 is 2.15 bits per heavy atom. The van der Waals surface area contributed by atoms with Gasteiger partial charge in [0.05, 0.1) is 6.61 Å². The number of hydrogen-bond donors (Lipinski definition) is 1. The van der Waals surface area contributed by atoms with Crippen LogP contribution in [0.1, 0.15) is 59.8 Å². The second-order valence-corrected chi connectivity index (χ2v) is 7.31. The molecule has 0 heterocycles. The fraction of sp³-hybridized carbons (Fsp3) is 0.938. The maximum Gasteiger partial charge on any atom is 0.326 e. The van der Waals surface area contributed by atoms with Crippen molar-refractivity contribution < 1.29 is 9.53 Å². The highest BCUT2D eigenvalue weighted by atomic mass is 32.2. The van der Waals surface area contributed by atoms with Crippen LogP contribution in [0, 0.1) is 5.92 Å². The fourth-order valence-corrected chi connectivity index (χ4v) is 3.29. The molecule has 0 aliphatic heterocycles. The van der Waals surface area contributed by atoms with Crippen molar-refractivity contribution in [2.24, 2.45) is 5.92 Å². The van der Waals surface area contributed by atoms with Gasteiger partial charge in [0, 0.05) is 6.04 Å². The number of carbonyl (C=O) groups excluding carboxylic acids is 1. The third kappa shape index (κ3) is 6.49. The molecule has 1 aliphatic rings. The first kappa shape index (κ1) is 17.8. The zero-order valence-electron chi connectivity index (χ0n) is 13.5. The number of nitrogens with one attached hydrogen (secondary N) is 1. The van der Waals surface area contributed by atoms with E-state index in [0.717, 1.165) is 24.5 Å². The third-order valence-corrected chi connectivity index (χ3v) is 5.27. The fourth-order valence-electron chi connectivity index (χ4n) is 2.13. The lowest BCUT2D eigenvalue weighted by Crippen LogP contribution is -2.51. The number of esters is 1. The summed E-state index contributed by atoms with van der Waals surface area (Å²) in [4.78, 5) is 12.2. The molecule has 1 saturated carbocycles. The van der Waals surface area contributed by atoms with Crippen molar-refractivity contribution in [3.8, 4) is 0 Å². The Bertz CT molecular complexity index is 294. The largest absolute Gasteiger partial charge is 0.465 e. The normalized spacial score (nSPS) is 19.4. The van der Waals surface area contributed by atoms with Crippen molar-refractivity contribution in [1.82, 2.24) is 5.32 Å². The van der Waals surface area contributed by atoms with E-state index in [4.69, 9.17) is 4.74 Å². The van der Waals surface area contributed by atoms with Gasteiger partial charge in [0.15, 0.2) is 0 Å². The van der Waals surface area contributed by atoms with E-state index in [1.54, 1.807) is 0 Å². The van der Waals surface area contributed by atoms with Crippen LogP contribution in [0.2, 0.25) is 0 Å². The predicted octanol–water partition coefficient (Wildman–Crippen LogP) is 3.62. The molecular formula is C16H31NO2S. The molecule has 1 fully saturated rings. The van der Waals surface area contributed by atoms with Crippen LogP contribution >= 0.6 is 11.8 Å². The molecular weight excluding hydrogens is 270 g/mol. The lowest BCUT2D eigenvalue weighted by Gasteiger charge is -2.28. The second-order valence-electron chi connectivity index (χ2n) is 6.16.